The molecule has 2 unspecified atom stereocenters. The van der Waals surface area contributed by atoms with Gasteiger partial charge in [-0.25, -0.2) is 0 Å². The predicted molar refractivity (Wildman–Crippen MR) is 129 cm³/mol. The Hall–Kier alpha value is -0.680. The van der Waals surface area contributed by atoms with Gasteiger partial charge in [-0.3, -0.25) is 9.59 Å². The Morgan fingerprint density at radius 2 is 1.61 bits per heavy atom. The SMILES string of the molecule is O=C(CC1CCC1)c1cc(NC(=O)C2C(c3cc(Cl)c(Cl)c(Cl)c3)C2(Cl)Cl)ccc1Cl. The monoisotopic (exact) mass is 537 g/mol. The summed E-state index contributed by atoms with van der Waals surface area (Å²) in [7, 11) is 0. The van der Waals surface area contributed by atoms with Crippen LogP contribution in [0.3, 0.4) is 0 Å². The summed E-state index contributed by atoms with van der Waals surface area (Å²) < 4.78 is -1.32. The van der Waals surface area contributed by atoms with Crippen LogP contribution < -0.4 is 5.32 Å². The van der Waals surface area contributed by atoms with Gasteiger partial charge >= 0.3 is 0 Å². The first kappa shape index (κ1) is 23.5. The number of carbonyl (C=O) groups excluding carboxylic acids is 2. The van der Waals surface area contributed by atoms with Crippen molar-refractivity contribution in [3.8, 4) is 0 Å². The van der Waals surface area contributed by atoms with Crippen LogP contribution in [0, 0.1) is 11.8 Å². The predicted octanol–water partition coefficient (Wildman–Crippen LogP) is 8.20. The summed E-state index contributed by atoms with van der Waals surface area (Å²) >= 11 is 37.3. The number of benzene rings is 2. The fourth-order valence-electron chi connectivity index (χ4n) is 3.93. The number of hydrogen-bond acceptors (Lipinski definition) is 2. The van der Waals surface area contributed by atoms with Crippen LogP contribution >= 0.6 is 69.6 Å². The third kappa shape index (κ3) is 4.69. The van der Waals surface area contributed by atoms with Gasteiger partial charge in [-0.05, 0) is 41.8 Å². The van der Waals surface area contributed by atoms with Crippen molar-refractivity contribution < 1.29 is 9.59 Å². The van der Waals surface area contributed by atoms with Crippen LogP contribution in [0.15, 0.2) is 30.3 Å². The molecule has 0 bridgehead atoms. The third-order valence-corrected chi connectivity index (χ3v) is 8.40. The molecule has 9 heteroatoms. The summed E-state index contributed by atoms with van der Waals surface area (Å²) in [6, 6.07) is 8.04. The molecule has 0 heterocycles. The zero-order valence-corrected chi connectivity index (χ0v) is 20.6. The molecule has 2 fully saturated rings. The van der Waals surface area contributed by atoms with Crippen molar-refractivity contribution in [3.05, 3.63) is 61.5 Å². The van der Waals surface area contributed by atoms with Gasteiger partial charge in [0.15, 0.2) is 5.78 Å². The van der Waals surface area contributed by atoms with Crippen molar-refractivity contribution in [2.75, 3.05) is 5.32 Å². The highest BCUT2D eigenvalue weighted by molar-refractivity contribution is 6.54. The lowest BCUT2D eigenvalue weighted by atomic mass is 9.81. The highest BCUT2D eigenvalue weighted by Crippen LogP contribution is 2.65. The maximum Gasteiger partial charge on any atom is 0.231 e. The molecule has 1 amide bonds. The zero-order chi connectivity index (χ0) is 22.5. The number of ketones is 1. The van der Waals surface area contributed by atoms with Gasteiger partial charge in [0.1, 0.15) is 4.33 Å². The lowest BCUT2D eigenvalue weighted by molar-refractivity contribution is -0.117. The molecule has 3 nitrogen and oxygen atoms in total. The minimum absolute atomic E-state index is 0.0235. The van der Waals surface area contributed by atoms with E-state index in [4.69, 9.17) is 69.6 Å². The average Bonchev–Trinajstić information content (AvgIpc) is 3.26. The quantitative estimate of drug-likeness (QED) is 0.228. The second-order valence-corrected chi connectivity index (χ2v) is 11.1. The van der Waals surface area contributed by atoms with Gasteiger partial charge in [-0.2, -0.15) is 0 Å². The van der Waals surface area contributed by atoms with Gasteiger partial charge in [0.25, 0.3) is 0 Å². The first-order valence-corrected chi connectivity index (χ1v) is 12.0. The second kappa shape index (κ2) is 8.93. The minimum Gasteiger partial charge on any atom is -0.326 e. The van der Waals surface area contributed by atoms with E-state index in [9.17, 15) is 9.59 Å². The van der Waals surface area contributed by atoms with Gasteiger partial charge in [-0.1, -0.05) is 65.7 Å². The fourth-order valence-corrected chi connectivity index (χ4v) is 5.59. The van der Waals surface area contributed by atoms with E-state index in [0.717, 1.165) is 19.3 Å². The molecule has 164 valence electrons. The fraction of sp³-hybridized carbons (Fsp3) is 0.364. The molecule has 0 spiro atoms. The Labute approximate surface area is 210 Å². The summed E-state index contributed by atoms with van der Waals surface area (Å²) in [5, 5.41) is 3.89. The Bertz CT molecular complexity index is 1040. The van der Waals surface area contributed by atoms with Crippen LogP contribution in [0.5, 0.6) is 0 Å². The lowest BCUT2D eigenvalue weighted by Crippen LogP contribution is -2.18. The van der Waals surface area contributed by atoms with Crippen LogP contribution in [0.4, 0.5) is 5.69 Å². The second-order valence-electron chi connectivity index (χ2n) is 8.04. The molecular weight excluding hydrogens is 523 g/mol. The average molecular weight is 540 g/mol. The van der Waals surface area contributed by atoms with E-state index >= 15 is 0 Å². The molecule has 1 N–H and O–H groups in total. The summed E-state index contributed by atoms with van der Waals surface area (Å²) in [4.78, 5) is 25.5. The van der Waals surface area contributed by atoms with Crippen molar-refractivity contribution in [2.24, 2.45) is 11.8 Å². The first-order valence-electron chi connectivity index (χ1n) is 9.75. The Morgan fingerprint density at radius 3 is 2.19 bits per heavy atom. The largest absolute Gasteiger partial charge is 0.326 e. The minimum atomic E-state index is -1.32. The van der Waals surface area contributed by atoms with Crippen molar-refractivity contribution in [3.63, 3.8) is 0 Å². The normalized spacial score (nSPS) is 22.0. The molecule has 0 radical (unpaired) electrons. The lowest BCUT2D eigenvalue weighted by Gasteiger charge is -2.24. The molecular formula is C22H17Cl6NO2. The van der Waals surface area contributed by atoms with E-state index in [-0.39, 0.29) is 26.8 Å². The summed E-state index contributed by atoms with van der Waals surface area (Å²) in [5.41, 5.74) is 1.48. The van der Waals surface area contributed by atoms with E-state index in [2.05, 4.69) is 5.32 Å². The Balaban J connectivity index is 1.50. The summed E-state index contributed by atoms with van der Waals surface area (Å²) in [6.45, 7) is 0. The molecule has 0 aromatic heterocycles. The van der Waals surface area contributed by atoms with Gasteiger partial charge in [0, 0.05) is 23.6 Å². The molecule has 0 saturated heterocycles. The highest BCUT2D eigenvalue weighted by Gasteiger charge is 2.67. The van der Waals surface area contributed by atoms with Gasteiger partial charge in [-0.15, -0.1) is 23.2 Å². The molecule has 2 atom stereocenters. The van der Waals surface area contributed by atoms with Gasteiger partial charge < -0.3 is 5.32 Å². The van der Waals surface area contributed by atoms with Crippen LogP contribution in [-0.2, 0) is 4.79 Å². The number of halogens is 6. The number of rotatable bonds is 6. The Kier molecular flexibility index (Phi) is 6.76. The van der Waals surface area contributed by atoms with E-state index < -0.39 is 16.2 Å². The van der Waals surface area contributed by atoms with Crippen LogP contribution in [0.25, 0.3) is 0 Å². The summed E-state index contributed by atoms with van der Waals surface area (Å²) in [5.74, 6) is -1.22. The zero-order valence-electron chi connectivity index (χ0n) is 16.0. The molecule has 2 aromatic rings. The molecule has 0 aliphatic heterocycles. The van der Waals surface area contributed by atoms with E-state index in [0.29, 0.717) is 34.2 Å². The number of nitrogens with one attached hydrogen (secondary N) is 1. The van der Waals surface area contributed by atoms with E-state index in [1.807, 2.05) is 0 Å². The highest BCUT2D eigenvalue weighted by atomic mass is 35.5. The number of hydrogen-bond donors (Lipinski definition) is 1. The maximum absolute atomic E-state index is 12.9. The topological polar surface area (TPSA) is 46.2 Å². The Morgan fingerprint density at radius 1 is 0.968 bits per heavy atom. The molecule has 4 rings (SSSR count). The molecule has 2 aromatic carbocycles. The number of amides is 1. The number of alkyl halides is 2. The van der Waals surface area contributed by atoms with E-state index in [1.54, 1.807) is 30.3 Å². The van der Waals surface area contributed by atoms with Crippen molar-refractivity contribution in [1.82, 2.24) is 0 Å². The number of anilines is 1. The molecule has 2 saturated carbocycles. The van der Waals surface area contributed by atoms with Gasteiger partial charge in [0.05, 0.1) is 26.0 Å². The first-order chi connectivity index (χ1) is 14.6. The smallest absolute Gasteiger partial charge is 0.231 e. The van der Waals surface area contributed by atoms with Crippen LogP contribution in [0.2, 0.25) is 20.1 Å². The number of Topliss-reactive ketones (excluding diaryl/α,β-unsaturated/α-hetero) is 1. The third-order valence-electron chi connectivity index (χ3n) is 5.93. The van der Waals surface area contributed by atoms with Gasteiger partial charge in [0.2, 0.25) is 5.91 Å². The van der Waals surface area contributed by atoms with Crippen molar-refractivity contribution in [1.29, 1.82) is 0 Å². The summed E-state index contributed by atoms with van der Waals surface area (Å²) in [6.07, 6.45) is 3.75. The molecule has 2 aliphatic rings. The maximum atomic E-state index is 12.9. The molecule has 2 aliphatic carbocycles. The van der Waals surface area contributed by atoms with Crippen molar-refractivity contribution in [2.45, 2.75) is 35.9 Å². The standard InChI is InChI=1S/C22H17Cl6NO2/c23-14-5-4-12(9-13(14)17(30)6-10-2-1-3-10)29-21(31)19-18(22(19,27)28)11-7-15(24)20(26)16(25)8-11/h4-5,7-10,18-19H,1-3,6H2,(H,29,31). The van der Waals surface area contributed by atoms with Crippen molar-refractivity contribution >= 4 is 87.0 Å². The molecule has 31 heavy (non-hydrogen) atoms. The van der Waals surface area contributed by atoms with Crippen LogP contribution in [-0.4, -0.2) is 16.0 Å². The van der Waals surface area contributed by atoms with Crippen LogP contribution in [0.1, 0.15) is 47.5 Å². The number of carbonyl (C=O) groups is 2. The van der Waals surface area contributed by atoms with E-state index in [1.165, 1.54) is 0 Å².